The van der Waals surface area contributed by atoms with Gasteiger partial charge in [0.05, 0.1) is 0 Å². The molecule has 0 N–H and O–H groups in total. The molecule has 0 aromatic carbocycles. The fourth-order valence-electron chi connectivity index (χ4n) is 0.141. The maximum Gasteiger partial charge on any atom is 0.175 e. The van der Waals surface area contributed by atoms with E-state index in [1.165, 1.54) is 0 Å². The van der Waals surface area contributed by atoms with E-state index in [0.29, 0.717) is 6.67 Å². The molecule has 1 aliphatic heterocycles. The average Bonchev–Trinajstić information content (AvgIpc) is 1.76. The summed E-state index contributed by atoms with van der Waals surface area (Å²) in [7, 11) is 0. The maximum atomic E-state index is 3.38. The molecule has 0 spiro atoms. The van der Waals surface area contributed by atoms with Crippen molar-refractivity contribution in [3.8, 4) is 0 Å². The van der Waals surface area contributed by atoms with E-state index >= 15 is 0 Å². The Morgan fingerprint density at radius 1 is 1.00 bits per heavy atom. The number of nitrogens with zero attached hydrogens (tertiary/aromatic N) is 4. The number of hydrogen-bond acceptors (Lipinski definition) is 4. The van der Waals surface area contributed by atoms with Crippen molar-refractivity contribution in [2.24, 2.45) is 20.7 Å². The van der Waals surface area contributed by atoms with Gasteiger partial charge in [-0.1, -0.05) is 0 Å². The first kappa shape index (κ1) is 5.82. The predicted molar refractivity (Wildman–Crippen MR) is 14.6 cm³/mol. The summed E-state index contributed by atoms with van der Waals surface area (Å²) >= 11 is 0. The molecule has 0 amide bonds. The topological polar surface area (TPSA) is 49.4 Å². The van der Waals surface area contributed by atoms with Gasteiger partial charge in [-0.15, -0.1) is 10.2 Å². The Kier molecular flexibility index (Phi) is 2.94. The minimum atomic E-state index is 0. The van der Waals surface area contributed by atoms with Crippen LogP contribution in [0.2, 0.25) is 0 Å². The third-order valence-electron chi connectivity index (χ3n) is 0.293. The zero-order valence-corrected chi connectivity index (χ0v) is 6.17. The summed E-state index contributed by atoms with van der Waals surface area (Å²) in [6.45, 7) is 0.417. The van der Waals surface area contributed by atoms with Gasteiger partial charge in [0, 0.05) is 19.5 Å². The molecule has 0 aliphatic carbocycles. The van der Waals surface area contributed by atoms with Gasteiger partial charge in [-0.05, 0) is 10.4 Å². The minimum absolute atomic E-state index is 0. The van der Waals surface area contributed by atoms with E-state index in [9.17, 15) is 0 Å². The van der Waals surface area contributed by atoms with E-state index < -0.39 is 0 Å². The van der Waals surface area contributed by atoms with Crippen molar-refractivity contribution in [3.05, 3.63) is 0 Å². The molecular formula is CH2N4Zn. The van der Waals surface area contributed by atoms with Crippen LogP contribution in [0.4, 0.5) is 0 Å². The molecule has 1 aliphatic rings. The second kappa shape index (κ2) is 3.03. The minimum Gasteiger partial charge on any atom is -0.142 e. The van der Waals surface area contributed by atoms with Gasteiger partial charge >= 0.3 is 0 Å². The van der Waals surface area contributed by atoms with Gasteiger partial charge in [-0.25, -0.2) is 0 Å². The first-order chi connectivity index (χ1) is 2.50. The molecule has 0 aromatic heterocycles. The van der Waals surface area contributed by atoms with Crippen LogP contribution in [0.1, 0.15) is 0 Å². The molecule has 28 valence electrons. The fraction of sp³-hybridized carbons (Fsp3) is 1.00. The SMILES string of the molecule is C1N=NN=N1.[Zn]. The third-order valence-corrected chi connectivity index (χ3v) is 0.293. The quantitative estimate of drug-likeness (QED) is 0.441. The predicted octanol–water partition coefficient (Wildman–Crippen LogP) is 0.774. The van der Waals surface area contributed by atoms with Gasteiger partial charge in [0.1, 0.15) is 0 Å². The monoisotopic (exact) mass is 134 g/mol. The normalized spacial score (nSPS) is 14.7. The number of rotatable bonds is 0. The van der Waals surface area contributed by atoms with Crippen molar-refractivity contribution in [2.45, 2.75) is 0 Å². The van der Waals surface area contributed by atoms with Crippen molar-refractivity contribution in [2.75, 3.05) is 6.67 Å². The summed E-state index contributed by atoms with van der Waals surface area (Å²) in [5.41, 5.74) is 0. The summed E-state index contributed by atoms with van der Waals surface area (Å²) in [6, 6.07) is 0. The summed E-state index contributed by atoms with van der Waals surface area (Å²) in [5.74, 6) is 0. The van der Waals surface area contributed by atoms with Crippen LogP contribution in [0.3, 0.4) is 0 Å². The van der Waals surface area contributed by atoms with E-state index in [0.717, 1.165) is 0 Å². The van der Waals surface area contributed by atoms with Crippen LogP contribution >= 0.6 is 0 Å². The van der Waals surface area contributed by atoms with Crippen molar-refractivity contribution >= 4 is 0 Å². The summed E-state index contributed by atoms with van der Waals surface area (Å²) in [6.07, 6.45) is 0. The van der Waals surface area contributed by atoms with Crippen LogP contribution in [0.25, 0.3) is 0 Å². The molecule has 5 heteroatoms. The smallest absolute Gasteiger partial charge is 0.142 e. The van der Waals surface area contributed by atoms with E-state index in [1.807, 2.05) is 0 Å². The number of hydrogen-bond donors (Lipinski definition) is 0. The van der Waals surface area contributed by atoms with Crippen LogP contribution in [-0.4, -0.2) is 6.67 Å². The van der Waals surface area contributed by atoms with Gasteiger partial charge in [0.25, 0.3) is 0 Å². The van der Waals surface area contributed by atoms with Crippen LogP contribution in [-0.2, 0) is 19.5 Å². The maximum absolute atomic E-state index is 3.38. The Bertz CT molecular complexity index is 65.6. The molecule has 0 unspecified atom stereocenters. The van der Waals surface area contributed by atoms with Crippen LogP contribution in [0.15, 0.2) is 20.7 Å². The molecule has 0 saturated heterocycles. The zero-order chi connectivity index (χ0) is 3.54. The molecule has 0 aromatic rings. The van der Waals surface area contributed by atoms with E-state index in [4.69, 9.17) is 0 Å². The average molecular weight is 135 g/mol. The molecule has 0 radical (unpaired) electrons. The first-order valence-corrected chi connectivity index (χ1v) is 1.23. The van der Waals surface area contributed by atoms with Crippen molar-refractivity contribution in [1.82, 2.24) is 0 Å². The molecule has 4 nitrogen and oxygen atoms in total. The van der Waals surface area contributed by atoms with Crippen molar-refractivity contribution in [3.63, 3.8) is 0 Å². The zero-order valence-electron chi connectivity index (χ0n) is 3.20. The summed E-state index contributed by atoms with van der Waals surface area (Å²) < 4.78 is 0. The molecule has 0 atom stereocenters. The Labute approximate surface area is 47.5 Å². The second-order valence-corrected chi connectivity index (χ2v) is 0.603. The molecule has 1 rings (SSSR count). The van der Waals surface area contributed by atoms with Crippen molar-refractivity contribution in [1.29, 1.82) is 0 Å². The van der Waals surface area contributed by atoms with Crippen LogP contribution in [0.5, 0.6) is 0 Å². The summed E-state index contributed by atoms with van der Waals surface area (Å²) in [4.78, 5) is 0. The van der Waals surface area contributed by atoms with Gasteiger partial charge in [0.2, 0.25) is 0 Å². The summed E-state index contributed by atoms with van der Waals surface area (Å²) in [5, 5.41) is 13.1. The van der Waals surface area contributed by atoms with E-state index in [2.05, 4.69) is 20.7 Å². The largest absolute Gasteiger partial charge is 0.175 e. The second-order valence-electron chi connectivity index (χ2n) is 0.603. The molecule has 0 fully saturated rings. The standard InChI is InChI=1S/CH2N4.Zn/c1-2-4-5-3-1;/h1H2;. The first-order valence-electron chi connectivity index (χ1n) is 1.23. The van der Waals surface area contributed by atoms with E-state index in [1.54, 1.807) is 0 Å². The molecule has 1 heterocycles. The van der Waals surface area contributed by atoms with Gasteiger partial charge in [0.15, 0.2) is 6.67 Å². The molecule has 0 bridgehead atoms. The van der Waals surface area contributed by atoms with E-state index in [-0.39, 0.29) is 19.5 Å². The fourth-order valence-corrected chi connectivity index (χ4v) is 0.141. The third kappa shape index (κ3) is 1.31. The van der Waals surface area contributed by atoms with Crippen LogP contribution < -0.4 is 0 Å². The Balaban J connectivity index is 0.000000250. The Hall–Kier alpha value is -0.177. The molecular weight excluding hydrogens is 133 g/mol. The van der Waals surface area contributed by atoms with Crippen LogP contribution in [0, 0.1) is 0 Å². The van der Waals surface area contributed by atoms with Gasteiger partial charge in [-0.2, -0.15) is 0 Å². The van der Waals surface area contributed by atoms with Crippen molar-refractivity contribution < 1.29 is 19.5 Å². The molecule has 6 heavy (non-hydrogen) atoms. The molecule has 0 saturated carbocycles. The van der Waals surface area contributed by atoms with Gasteiger partial charge in [-0.3, -0.25) is 0 Å². The Morgan fingerprint density at radius 3 is 1.67 bits per heavy atom. The van der Waals surface area contributed by atoms with Gasteiger partial charge < -0.3 is 0 Å². The Morgan fingerprint density at radius 2 is 1.50 bits per heavy atom.